The Labute approximate surface area is 146 Å². The van der Waals surface area contributed by atoms with Gasteiger partial charge in [-0.2, -0.15) is 0 Å². The van der Waals surface area contributed by atoms with Gasteiger partial charge >= 0.3 is 0 Å². The summed E-state index contributed by atoms with van der Waals surface area (Å²) in [6.45, 7) is 5.36. The third-order valence-electron chi connectivity index (χ3n) is 3.84. The van der Waals surface area contributed by atoms with Crippen LogP contribution < -0.4 is 0 Å². The van der Waals surface area contributed by atoms with Crippen molar-refractivity contribution in [1.29, 1.82) is 0 Å². The Balaban J connectivity index is 2.09. The number of piperidine rings is 1. The van der Waals surface area contributed by atoms with E-state index in [9.17, 15) is 13.2 Å². The highest BCUT2D eigenvalue weighted by molar-refractivity contribution is 7.88. The van der Waals surface area contributed by atoms with Gasteiger partial charge in [0.25, 0.3) is 0 Å². The fourth-order valence-corrected chi connectivity index (χ4v) is 4.73. The van der Waals surface area contributed by atoms with E-state index in [1.54, 1.807) is 11.0 Å². The molecule has 0 aromatic carbocycles. The maximum atomic E-state index is 12.8. The molecule has 0 bridgehead atoms. The third-order valence-corrected chi connectivity index (χ3v) is 6.32. The summed E-state index contributed by atoms with van der Waals surface area (Å²) in [5.41, 5.74) is 0. The highest BCUT2D eigenvalue weighted by atomic mass is 35.5. The van der Waals surface area contributed by atoms with Crippen LogP contribution in [-0.2, 0) is 21.4 Å². The lowest BCUT2D eigenvalue weighted by atomic mass is 9.98. The topological polar surface area (TPSA) is 57.7 Å². The van der Waals surface area contributed by atoms with Gasteiger partial charge in [0.05, 0.1) is 23.1 Å². The molecule has 5 nitrogen and oxygen atoms in total. The van der Waals surface area contributed by atoms with Gasteiger partial charge in [-0.1, -0.05) is 17.7 Å². The Hall–Kier alpha value is -0.890. The van der Waals surface area contributed by atoms with Gasteiger partial charge in [-0.05, 0) is 25.0 Å². The van der Waals surface area contributed by atoms with Crippen LogP contribution in [0.2, 0.25) is 4.34 Å². The van der Waals surface area contributed by atoms with Gasteiger partial charge in [-0.15, -0.1) is 17.9 Å². The first-order valence-electron chi connectivity index (χ1n) is 7.40. The predicted octanol–water partition coefficient (Wildman–Crippen LogP) is 2.59. The molecule has 1 aromatic heterocycles. The number of hydrogen-bond acceptors (Lipinski definition) is 4. The van der Waals surface area contributed by atoms with E-state index in [0.29, 0.717) is 36.8 Å². The molecular weight excluding hydrogens is 356 g/mol. The number of amides is 1. The molecule has 1 saturated heterocycles. The van der Waals surface area contributed by atoms with Crippen LogP contribution >= 0.6 is 22.9 Å². The zero-order valence-electron chi connectivity index (χ0n) is 13.1. The van der Waals surface area contributed by atoms with E-state index in [1.807, 2.05) is 12.1 Å². The summed E-state index contributed by atoms with van der Waals surface area (Å²) in [6, 6.07) is 3.71. The molecule has 1 atom stereocenters. The average Bonchev–Trinajstić information content (AvgIpc) is 2.90. The van der Waals surface area contributed by atoms with Gasteiger partial charge in [0, 0.05) is 24.5 Å². The fraction of sp³-hybridized carbons (Fsp3) is 0.533. The Morgan fingerprint density at radius 3 is 2.87 bits per heavy atom. The van der Waals surface area contributed by atoms with Crippen LogP contribution in [0.4, 0.5) is 0 Å². The van der Waals surface area contributed by atoms with Crippen LogP contribution in [-0.4, -0.2) is 49.4 Å². The fourth-order valence-electron chi connectivity index (χ4n) is 2.72. The molecule has 1 aromatic rings. The molecule has 1 unspecified atom stereocenters. The zero-order chi connectivity index (χ0) is 17.0. The monoisotopic (exact) mass is 376 g/mol. The maximum absolute atomic E-state index is 12.8. The maximum Gasteiger partial charge on any atom is 0.227 e. The van der Waals surface area contributed by atoms with Crippen molar-refractivity contribution in [3.63, 3.8) is 0 Å². The lowest BCUT2D eigenvalue weighted by Crippen LogP contribution is -2.46. The highest BCUT2D eigenvalue weighted by Crippen LogP contribution is 2.25. The number of sulfonamides is 1. The van der Waals surface area contributed by atoms with Crippen molar-refractivity contribution >= 4 is 38.9 Å². The highest BCUT2D eigenvalue weighted by Gasteiger charge is 2.32. The van der Waals surface area contributed by atoms with Crippen molar-refractivity contribution in [3.05, 3.63) is 34.0 Å². The molecule has 0 radical (unpaired) electrons. The first-order valence-corrected chi connectivity index (χ1v) is 10.4. The van der Waals surface area contributed by atoms with Crippen molar-refractivity contribution in [2.45, 2.75) is 19.4 Å². The lowest BCUT2D eigenvalue weighted by molar-refractivity contribution is -0.136. The molecule has 128 valence electrons. The molecule has 1 aliphatic rings. The molecule has 1 fully saturated rings. The van der Waals surface area contributed by atoms with Crippen molar-refractivity contribution < 1.29 is 13.2 Å². The molecule has 2 heterocycles. The molecular formula is C15H21ClN2O3S2. The van der Waals surface area contributed by atoms with Crippen molar-refractivity contribution in [2.24, 2.45) is 5.92 Å². The normalized spacial score (nSPS) is 19.5. The summed E-state index contributed by atoms with van der Waals surface area (Å²) in [6.07, 6.45) is 4.29. The summed E-state index contributed by atoms with van der Waals surface area (Å²) in [5, 5.41) is 0. The Kier molecular flexibility index (Phi) is 6.25. The molecule has 1 amide bonds. The quantitative estimate of drug-likeness (QED) is 0.717. The minimum atomic E-state index is -3.26. The predicted molar refractivity (Wildman–Crippen MR) is 94.1 cm³/mol. The second kappa shape index (κ2) is 7.79. The van der Waals surface area contributed by atoms with E-state index >= 15 is 0 Å². The zero-order valence-corrected chi connectivity index (χ0v) is 15.5. The first-order chi connectivity index (χ1) is 10.8. The molecule has 0 aliphatic carbocycles. The molecule has 0 spiro atoms. The molecule has 2 rings (SSSR count). The van der Waals surface area contributed by atoms with Crippen molar-refractivity contribution in [2.75, 3.05) is 25.9 Å². The Morgan fingerprint density at radius 1 is 1.57 bits per heavy atom. The molecule has 0 saturated carbocycles. The van der Waals surface area contributed by atoms with Crippen LogP contribution in [0.15, 0.2) is 24.8 Å². The standard InChI is InChI=1S/C15H21ClN2O3S2/c1-3-8-17(11-13-6-7-14(16)22-13)15(19)12-5-4-9-18(10-12)23(2,20)21/h3,6-7,12H,1,4-5,8-11H2,2H3. The van der Waals surface area contributed by atoms with Gasteiger partial charge < -0.3 is 4.90 Å². The van der Waals surface area contributed by atoms with Crippen LogP contribution in [0.3, 0.4) is 0 Å². The SMILES string of the molecule is C=CCN(Cc1ccc(Cl)s1)C(=O)C1CCCN(S(C)(=O)=O)C1. The number of rotatable bonds is 6. The number of nitrogens with zero attached hydrogens (tertiary/aromatic N) is 2. The molecule has 8 heteroatoms. The molecule has 1 aliphatic heterocycles. The smallest absolute Gasteiger partial charge is 0.227 e. The van der Waals surface area contributed by atoms with Crippen molar-refractivity contribution in [3.8, 4) is 0 Å². The van der Waals surface area contributed by atoms with E-state index in [2.05, 4.69) is 6.58 Å². The Morgan fingerprint density at radius 2 is 2.30 bits per heavy atom. The number of halogens is 1. The summed E-state index contributed by atoms with van der Waals surface area (Å²) in [5.74, 6) is -0.323. The summed E-state index contributed by atoms with van der Waals surface area (Å²) < 4.78 is 25.5. The summed E-state index contributed by atoms with van der Waals surface area (Å²) in [7, 11) is -3.26. The lowest BCUT2D eigenvalue weighted by Gasteiger charge is -2.33. The number of thiophene rings is 1. The largest absolute Gasteiger partial charge is 0.334 e. The van der Waals surface area contributed by atoms with Crippen LogP contribution in [0, 0.1) is 5.92 Å². The minimum absolute atomic E-state index is 0.0252. The van der Waals surface area contributed by atoms with Gasteiger partial charge in [0.1, 0.15) is 0 Å². The van der Waals surface area contributed by atoms with Gasteiger partial charge in [-0.3, -0.25) is 4.79 Å². The molecule has 23 heavy (non-hydrogen) atoms. The average molecular weight is 377 g/mol. The second-order valence-corrected chi connectivity index (χ2v) is 9.46. The van der Waals surface area contributed by atoms with Gasteiger partial charge in [0.15, 0.2) is 0 Å². The van der Waals surface area contributed by atoms with Crippen molar-refractivity contribution in [1.82, 2.24) is 9.21 Å². The van der Waals surface area contributed by atoms with E-state index in [0.717, 1.165) is 4.88 Å². The van der Waals surface area contributed by atoms with Gasteiger partial charge in [-0.25, -0.2) is 12.7 Å². The Bertz CT molecular complexity index is 672. The van der Waals surface area contributed by atoms with E-state index < -0.39 is 10.0 Å². The first kappa shape index (κ1) is 18.4. The number of carbonyl (C=O) groups is 1. The van der Waals surface area contributed by atoms with Crippen LogP contribution in [0.5, 0.6) is 0 Å². The van der Waals surface area contributed by atoms with E-state index in [1.165, 1.54) is 21.9 Å². The van der Waals surface area contributed by atoms with E-state index in [-0.39, 0.29) is 18.4 Å². The van der Waals surface area contributed by atoms with E-state index in [4.69, 9.17) is 11.6 Å². The van der Waals surface area contributed by atoms with Crippen LogP contribution in [0.25, 0.3) is 0 Å². The summed E-state index contributed by atoms with van der Waals surface area (Å²) >= 11 is 7.38. The number of carbonyl (C=O) groups excluding carboxylic acids is 1. The molecule has 0 N–H and O–H groups in total. The second-order valence-electron chi connectivity index (χ2n) is 5.67. The number of hydrogen-bond donors (Lipinski definition) is 0. The third kappa shape index (κ3) is 5.04. The summed E-state index contributed by atoms with van der Waals surface area (Å²) in [4.78, 5) is 15.5. The minimum Gasteiger partial charge on any atom is -0.334 e. The van der Waals surface area contributed by atoms with Crippen LogP contribution in [0.1, 0.15) is 17.7 Å². The van der Waals surface area contributed by atoms with Gasteiger partial charge in [0.2, 0.25) is 15.9 Å².